The van der Waals surface area contributed by atoms with Crippen LogP contribution in [0, 0.1) is 0 Å². The first-order valence-electron chi connectivity index (χ1n) is 19.4. The molecule has 0 fully saturated rings. The van der Waals surface area contributed by atoms with Crippen LogP contribution in [0.4, 0.5) is 17.1 Å². The number of benzene rings is 10. The first kappa shape index (κ1) is 31.7. The molecule has 0 spiro atoms. The Morgan fingerprint density at radius 2 is 0.982 bits per heavy atom. The molecule has 57 heavy (non-hydrogen) atoms. The smallest absolute Gasteiger partial charge is 0.143 e. The summed E-state index contributed by atoms with van der Waals surface area (Å²) in [6.45, 7) is 0. The van der Waals surface area contributed by atoms with Crippen molar-refractivity contribution in [3.63, 3.8) is 0 Å². The van der Waals surface area contributed by atoms with Gasteiger partial charge in [0.2, 0.25) is 0 Å². The lowest BCUT2D eigenvalue weighted by Crippen LogP contribution is -2.10. The quantitative estimate of drug-likeness (QED) is 0.165. The van der Waals surface area contributed by atoms with Crippen LogP contribution < -0.4 is 4.90 Å². The minimum atomic E-state index is 0.857. The minimum Gasteiger partial charge on any atom is -0.456 e. The van der Waals surface area contributed by atoms with E-state index in [-0.39, 0.29) is 0 Å². The maximum Gasteiger partial charge on any atom is 0.143 e. The molecule has 0 saturated heterocycles. The van der Waals surface area contributed by atoms with Crippen LogP contribution in [0.25, 0.3) is 98.4 Å². The molecule has 0 atom stereocenters. The van der Waals surface area contributed by atoms with Gasteiger partial charge in [-0.05, 0) is 110 Å². The highest BCUT2D eigenvalue weighted by molar-refractivity contribution is 6.19. The predicted molar refractivity (Wildman–Crippen MR) is 239 cm³/mol. The number of anilines is 3. The molecule has 10 aromatic carbocycles. The van der Waals surface area contributed by atoms with E-state index in [0.717, 1.165) is 77.5 Å². The largest absolute Gasteiger partial charge is 0.456 e. The van der Waals surface area contributed by atoms with Gasteiger partial charge in [-0.15, -0.1) is 0 Å². The molecular weight excluding hydrogens is 695 g/mol. The van der Waals surface area contributed by atoms with Gasteiger partial charge in [-0.1, -0.05) is 140 Å². The van der Waals surface area contributed by atoms with Gasteiger partial charge in [0.05, 0.1) is 11.1 Å². The van der Waals surface area contributed by atoms with Crippen molar-refractivity contribution in [2.45, 2.75) is 0 Å². The zero-order valence-electron chi connectivity index (χ0n) is 30.8. The van der Waals surface area contributed by atoms with Gasteiger partial charge < -0.3 is 13.7 Å². The fraction of sp³-hybridized carbons (Fsp3) is 0. The van der Waals surface area contributed by atoms with Gasteiger partial charge in [-0.3, -0.25) is 0 Å². The summed E-state index contributed by atoms with van der Waals surface area (Å²) in [5, 5.41) is 11.7. The molecular formula is C54H33NO2. The molecule has 3 nitrogen and oxygen atoms in total. The van der Waals surface area contributed by atoms with Gasteiger partial charge >= 0.3 is 0 Å². The zero-order valence-corrected chi connectivity index (χ0v) is 30.8. The van der Waals surface area contributed by atoms with Gasteiger partial charge in [-0.25, -0.2) is 0 Å². The normalized spacial score (nSPS) is 11.9. The van der Waals surface area contributed by atoms with Crippen molar-refractivity contribution in [3.8, 4) is 22.3 Å². The van der Waals surface area contributed by atoms with Crippen LogP contribution in [0.1, 0.15) is 0 Å². The van der Waals surface area contributed by atoms with Crippen LogP contribution in [-0.2, 0) is 0 Å². The summed E-state index contributed by atoms with van der Waals surface area (Å²) in [5.41, 5.74) is 11.3. The van der Waals surface area contributed by atoms with Crippen molar-refractivity contribution in [1.29, 1.82) is 0 Å². The monoisotopic (exact) mass is 727 g/mol. The van der Waals surface area contributed by atoms with Crippen molar-refractivity contribution in [3.05, 3.63) is 200 Å². The van der Waals surface area contributed by atoms with Gasteiger partial charge in [-0.2, -0.15) is 0 Å². The van der Waals surface area contributed by atoms with Crippen LogP contribution >= 0.6 is 0 Å². The molecule has 0 amide bonds. The molecule has 0 aliphatic carbocycles. The summed E-state index contributed by atoms with van der Waals surface area (Å²) >= 11 is 0. The summed E-state index contributed by atoms with van der Waals surface area (Å²) in [6, 6.07) is 71.5. The van der Waals surface area contributed by atoms with Crippen LogP contribution in [0.15, 0.2) is 209 Å². The molecule has 3 heteroatoms. The minimum absolute atomic E-state index is 0.857. The SMILES string of the molecule is c1cc(-c2cccc3oc4c5ccccc5ccc4c23)cc(N(c2ccc(-c3cc4ccccc4c4ccccc34)cc2)c2cccc3oc4ccccc4c23)c1. The Kier molecular flexibility index (Phi) is 6.93. The van der Waals surface area contributed by atoms with E-state index < -0.39 is 0 Å². The molecule has 0 bridgehead atoms. The third-order valence-electron chi connectivity index (χ3n) is 11.6. The Morgan fingerprint density at radius 1 is 0.316 bits per heavy atom. The number of furan rings is 2. The highest BCUT2D eigenvalue weighted by atomic mass is 16.3. The summed E-state index contributed by atoms with van der Waals surface area (Å²) in [4.78, 5) is 2.37. The number of para-hydroxylation sites is 1. The first-order chi connectivity index (χ1) is 28.3. The second-order valence-electron chi connectivity index (χ2n) is 14.8. The summed E-state index contributed by atoms with van der Waals surface area (Å²) < 4.78 is 13.0. The maximum absolute atomic E-state index is 6.60. The molecule has 12 rings (SSSR count). The Hall–Kier alpha value is -7.62. The molecule has 0 N–H and O–H groups in total. The third kappa shape index (κ3) is 4.92. The van der Waals surface area contributed by atoms with E-state index in [9.17, 15) is 0 Å². The standard InChI is InChI=1S/C54H33NO2/c1-4-17-42-34(12-1)28-31-46-52-41(21-10-24-50(52)57-54(42)46)36-14-9-15-39(32-36)55(48-22-11-25-51-53(48)45-20-7-8-23-49(45)56-51)38-29-26-35(27-30-38)47-33-37-13-2-3-16-40(37)43-18-5-6-19-44(43)47/h1-33H. The van der Waals surface area contributed by atoms with E-state index in [1.807, 2.05) is 12.1 Å². The molecule has 266 valence electrons. The Labute approximate surface area is 328 Å². The van der Waals surface area contributed by atoms with Crippen LogP contribution in [0.3, 0.4) is 0 Å². The van der Waals surface area contributed by atoms with Crippen molar-refractivity contribution in [2.75, 3.05) is 4.90 Å². The van der Waals surface area contributed by atoms with Gasteiger partial charge in [0.1, 0.15) is 22.3 Å². The summed E-state index contributed by atoms with van der Waals surface area (Å²) in [7, 11) is 0. The van der Waals surface area contributed by atoms with Crippen molar-refractivity contribution in [1.82, 2.24) is 0 Å². The molecule has 0 unspecified atom stereocenters. The summed E-state index contributed by atoms with van der Waals surface area (Å²) in [6.07, 6.45) is 0. The highest BCUT2D eigenvalue weighted by Crippen LogP contribution is 2.46. The van der Waals surface area contributed by atoms with E-state index in [2.05, 4.69) is 193 Å². The number of hydrogen-bond donors (Lipinski definition) is 0. The third-order valence-corrected chi connectivity index (χ3v) is 11.6. The lowest BCUT2D eigenvalue weighted by atomic mass is 9.93. The molecule has 0 aliphatic rings. The molecule has 2 heterocycles. The number of rotatable bonds is 5. The Balaban J connectivity index is 1.06. The predicted octanol–water partition coefficient (Wildman–Crippen LogP) is 15.7. The van der Waals surface area contributed by atoms with Gasteiger partial charge in [0.25, 0.3) is 0 Å². The summed E-state index contributed by atoms with van der Waals surface area (Å²) in [5.74, 6) is 0. The van der Waals surface area contributed by atoms with E-state index in [1.165, 1.54) is 38.1 Å². The van der Waals surface area contributed by atoms with E-state index in [0.29, 0.717) is 0 Å². The highest BCUT2D eigenvalue weighted by Gasteiger charge is 2.21. The van der Waals surface area contributed by atoms with E-state index >= 15 is 0 Å². The molecule has 0 saturated carbocycles. The first-order valence-corrected chi connectivity index (χ1v) is 19.4. The fourth-order valence-electron chi connectivity index (χ4n) is 9.06. The number of hydrogen-bond acceptors (Lipinski definition) is 3. The van der Waals surface area contributed by atoms with Gasteiger partial charge in [0.15, 0.2) is 0 Å². The van der Waals surface area contributed by atoms with Gasteiger partial charge in [0, 0.05) is 32.9 Å². The van der Waals surface area contributed by atoms with E-state index in [4.69, 9.17) is 8.83 Å². The van der Waals surface area contributed by atoms with E-state index in [1.54, 1.807) is 0 Å². The maximum atomic E-state index is 6.60. The van der Waals surface area contributed by atoms with Crippen molar-refractivity contribution >= 4 is 93.3 Å². The second kappa shape index (κ2) is 12.5. The Bertz CT molecular complexity index is 3530. The zero-order chi connectivity index (χ0) is 37.5. The van der Waals surface area contributed by atoms with Crippen LogP contribution in [0.2, 0.25) is 0 Å². The average Bonchev–Trinajstić information content (AvgIpc) is 3.86. The number of nitrogens with zero attached hydrogens (tertiary/aromatic N) is 1. The second-order valence-corrected chi connectivity index (χ2v) is 14.8. The molecule has 2 aromatic heterocycles. The number of fused-ring (bicyclic) bond motifs is 11. The molecule has 0 radical (unpaired) electrons. The average molecular weight is 728 g/mol. The lowest BCUT2D eigenvalue weighted by molar-refractivity contribution is 0.669. The lowest BCUT2D eigenvalue weighted by Gasteiger charge is -2.27. The fourth-order valence-corrected chi connectivity index (χ4v) is 9.06. The van der Waals surface area contributed by atoms with Crippen LogP contribution in [0.5, 0.6) is 0 Å². The van der Waals surface area contributed by atoms with Crippen LogP contribution in [-0.4, -0.2) is 0 Å². The van der Waals surface area contributed by atoms with Crippen molar-refractivity contribution in [2.24, 2.45) is 0 Å². The topological polar surface area (TPSA) is 29.5 Å². The molecule has 0 aliphatic heterocycles. The molecule has 12 aromatic rings. The van der Waals surface area contributed by atoms with Crippen molar-refractivity contribution < 1.29 is 8.83 Å². The Morgan fingerprint density at radius 3 is 1.84 bits per heavy atom.